The number of hydrogen-bond donors (Lipinski definition) is 9. The number of guanidine groups is 1. The number of imidazole rings is 1. The lowest BCUT2D eigenvalue weighted by Crippen LogP contribution is -2.55. The summed E-state index contributed by atoms with van der Waals surface area (Å²) in [5, 5.41) is 23.5. The highest BCUT2D eigenvalue weighted by atomic mass is 16.4. The second-order valence-corrected chi connectivity index (χ2v) is 6.48. The highest BCUT2D eigenvalue weighted by molar-refractivity contribution is 5.94. The molecule has 3 atom stereocenters. The van der Waals surface area contributed by atoms with E-state index in [1.165, 1.54) is 12.5 Å². The van der Waals surface area contributed by atoms with E-state index in [-0.39, 0.29) is 18.8 Å². The monoisotopic (exact) mass is 425 g/mol. The Morgan fingerprint density at radius 1 is 1.17 bits per heavy atom. The second kappa shape index (κ2) is 12.0. The first-order valence-electron chi connectivity index (χ1n) is 9.03. The molecule has 0 aromatic carbocycles. The first kappa shape index (κ1) is 24.4. The molecule has 1 aromatic rings. The highest BCUT2D eigenvalue weighted by Crippen LogP contribution is 2.02. The van der Waals surface area contributed by atoms with Crippen molar-refractivity contribution in [1.82, 2.24) is 25.9 Å². The van der Waals surface area contributed by atoms with Crippen molar-refractivity contribution < 1.29 is 24.3 Å². The molecular formula is C16H27N9O5. The normalized spacial score (nSPS) is 13.5. The maximum Gasteiger partial charge on any atom is 0.326 e. The third-order valence-corrected chi connectivity index (χ3v) is 3.97. The number of nitrogens with two attached hydrogens (primary N) is 3. The minimum Gasteiger partial charge on any atom is -0.480 e. The van der Waals surface area contributed by atoms with Crippen LogP contribution in [0.2, 0.25) is 0 Å². The lowest BCUT2D eigenvalue weighted by Gasteiger charge is -2.22. The molecule has 0 unspecified atom stereocenters. The van der Waals surface area contributed by atoms with Crippen molar-refractivity contribution in [1.29, 1.82) is 5.41 Å². The second-order valence-electron chi connectivity index (χ2n) is 6.48. The number of rotatable bonds is 13. The fourth-order valence-electron chi connectivity index (χ4n) is 2.45. The summed E-state index contributed by atoms with van der Waals surface area (Å²) in [5.74, 6) is -4.00. The number of H-pyrrole nitrogens is 1. The van der Waals surface area contributed by atoms with Gasteiger partial charge in [0.05, 0.1) is 24.5 Å². The number of primary amides is 1. The molecule has 0 saturated carbocycles. The molecule has 14 nitrogen and oxygen atoms in total. The van der Waals surface area contributed by atoms with Crippen LogP contribution < -0.4 is 33.2 Å². The van der Waals surface area contributed by atoms with Crippen LogP contribution in [-0.2, 0) is 25.6 Å². The molecule has 0 fully saturated rings. The van der Waals surface area contributed by atoms with E-state index < -0.39 is 48.2 Å². The number of nitrogens with one attached hydrogen (secondary N) is 5. The van der Waals surface area contributed by atoms with Crippen LogP contribution in [0, 0.1) is 5.41 Å². The van der Waals surface area contributed by atoms with E-state index in [1.807, 2.05) is 0 Å². The van der Waals surface area contributed by atoms with E-state index in [1.54, 1.807) is 0 Å². The molecular weight excluding hydrogens is 398 g/mol. The maximum absolute atomic E-state index is 12.5. The van der Waals surface area contributed by atoms with Crippen LogP contribution >= 0.6 is 0 Å². The summed E-state index contributed by atoms with van der Waals surface area (Å²) in [5.41, 5.74) is 16.5. The van der Waals surface area contributed by atoms with E-state index >= 15 is 0 Å². The van der Waals surface area contributed by atoms with Crippen molar-refractivity contribution in [3.8, 4) is 0 Å². The minimum atomic E-state index is -1.39. The number of aliphatic carboxylic acids is 1. The Hall–Kier alpha value is -3.68. The zero-order valence-electron chi connectivity index (χ0n) is 16.2. The van der Waals surface area contributed by atoms with Crippen molar-refractivity contribution in [3.05, 3.63) is 18.2 Å². The summed E-state index contributed by atoms with van der Waals surface area (Å²) in [6.45, 7) is 0.328. The fourth-order valence-corrected chi connectivity index (χ4v) is 2.45. The number of carboxylic acids is 1. The average Bonchev–Trinajstić information content (AvgIpc) is 3.16. The van der Waals surface area contributed by atoms with Gasteiger partial charge in [-0.1, -0.05) is 0 Å². The Bertz CT molecular complexity index is 752. The Kier molecular flexibility index (Phi) is 9.75. The average molecular weight is 425 g/mol. The van der Waals surface area contributed by atoms with Gasteiger partial charge in [-0.2, -0.15) is 0 Å². The number of carbonyl (C=O) groups is 4. The quantitative estimate of drug-likeness (QED) is 0.0860. The minimum absolute atomic E-state index is 0.107. The van der Waals surface area contributed by atoms with Gasteiger partial charge in [0.2, 0.25) is 17.7 Å². The number of amides is 3. The first-order chi connectivity index (χ1) is 14.1. The SMILES string of the molecule is N=C(N)NCCC[C@H](N)C(=O)N[C@@H](CC(N)=O)C(=O)N[C@@H](Cc1c[nH]cn1)C(=O)O. The van der Waals surface area contributed by atoms with Crippen LogP contribution in [0.5, 0.6) is 0 Å². The predicted molar refractivity (Wildman–Crippen MR) is 105 cm³/mol. The zero-order chi connectivity index (χ0) is 22.7. The molecule has 1 aromatic heterocycles. The number of carbonyl (C=O) groups excluding carboxylic acids is 3. The zero-order valence-corrected chi connectivity index (χ0v) is 16.2. The van der Waals surface area contributed by atoms with Crippen molar-refractivity contribution >= 4 is 29.7 Å². The van der Waals surface area contributed by atoms with Gasteiger partial charge in [0.25, 0.3) is 0 Å². The third kappa shape index (κ3) is 9.01. The van der Waals surface area contributed by atoms with Crippen LogP contribution in [0.15, 0.2) is 12.5 Å². The van der Waals surface area contributed by atoms with Crippen molar-refractivity contribution in [3.63, 3.8) is 0 Å². The summed E-state index contributed by atoms with van der Waals surface area (Å²) in [7, 11) is 0. The predicted octanol–water partition coefficient (Wildman–Crippen LogP) is -3.53. The molecule has 0 radical (unpaired) electrons. The molecule has 30 heavy (non-hydrogen) atoms. The molecule has 3 amide bonds. The number of nitrogens with zero attached hydrogens (tertiary/aromatic N) is 1. The van der Waals surface area contributed by atoms with E-state index in [2.05, 4.69) is 25.9 Å². The molecule has 1 heterocycles. The van der Waals surface area contributed by atoms with Gasteiger partial charge in [-0.25, -0.2) is 9.78 Å². The summed E-state index contributed by atoms with van der Waals surface area (Å²) < 4.78 is 0. The van der Waals surface area contributed by atoms with Gasteiger partial charge >= 0.3 is 5.97 Å². The summed E-state index contributed by atoms with van der Waals surface area (Å²) >= 11 is 0. The molecule has 0 aliphatic rings. The van der Waals surface area contributed by atoms with Crippen molar-refractivity contribution in [2.24, 2.45) is 17.2 Å². The number of hydrogen-bond acceptors (Lipinski definition) is 7. The van der Waals surface area contributed by atoms with E-state index in [4.69, 9.17) is 22.6 Å². The first-order valence-corrected chi connectivity index (χ1v) is 9.03. The molecule has 0 aliphatic carbocycles. The number of carboxylic acid groups (broad SMARTS) is 1. The molecule has 14 heteroatoms. The number of aromatic nitrogens is 2. The molecule has 0 bridgehead atoms. The summed E-state index contributed by atoms with van der Waals surface area (Å²) in [4.78, 5) is 54.1. The Morgan fingerprint density at radius 2 is 1.83 bits per heavy atom. The van der Waals surface area contributed by atoms with Crippen LogP contribution in [0.4, 0.5) is 0 Å². The Labute approximate surface area is 171 Å². The van der Waals surface area contributed by atoms with Crippen LogP contribution in [-0.4, -0.2) is 69.4 Å². The molecule has 166 valence electrons. The standard InChI is InChI=1S/C16H27N9O5/c17-9(2-1-3-22-16(19)20)13(27)24-10(5-12(18)26)14(28)25-11(15(29)30)4-8-6-21-7-23-8/h6-7,9-11H,1-5,17H2,(H2,18,26)(H,21,23)(H,24,27)(H,25,28)(H,29,30)(H4,19,20,22)/t9-,10-,11-/m0/s1. The molecule has 0 saturated heterocycles. The molecule has 1 rings (SSSR count). The molecule has 0 aliphatic heterocycles. The Balaban J connectivity index is 2.70. The van der Waals surface area contributed by atoms with Gasteiger partial charge in [0, 0.05) is 19.2 Å². The summed E-state index contributed by atoms with van der Waals surface area (Å²) in [6, 6.07) is -3.72. The Morgan fingerprint density at radius 3 is 2.37 bits per heavy atom. The maximum atomic E-state index is 12.5. The lowest BCUT2D eigenvalue weighted by atomic mass is 10.1. The van der Waals surface area contributed by atoms with E-state index in [0.29, 0.717) is 18.7 Å². The highest BCUT2D eigenvalue weighted by Gasteiger charge is 2.29. The van der Waals surface area contributed by atoms with Gasteiger partial charge in [-0.05, 0) is 12.8 Å². The van der Waals surface area contributed by atoms with Crippen LogP contribution in [0.25, 0.3) is 0 Å². The molecule has 12 N–H and O–H groups in total. The lowest BCUT2D eigenvalue weighted by molar-refractivity contribution is -0.142. The smallest absolute Gasteiger partial charge is 0.326 e. The fraction of sp³-hybridized carbons (Fsp3) is 0.500. The third-order valence-electron chi connectivity index (χ3n) is 3.97. The van der Waals surface area contributed by atoms with Gasteiger partial charge in [-0.15, -0.1) is 0 Å². The van der Waals surface area contributed by atoms with E-state index in [0.717, 1.165) is 0 Å². The van der Waals surface area contributed by atoms with Crippen molar-refractivity contribution in [2.45, 2.75) is 43.8 Å². The van der Waals surface area contributed by atoms with Crippen molar-refractivity contribution in [2.75, 3.05) is 6.54 Å². The van der Waals surface area contributed by atoms with Crippen LogP contribution in [0.1, 0.15) is 25.0 Å². The molecule has 0 spiro atoms. The van der Waals surface area contributed by atoms with Gasteiger partial charge in [0.1, 0.15) is 12.1 Å². The van der Waals surface area contributed by atoms with Gasteiger partial charge in [0.15, 0.2) is 5.96 Å². The van der Waals surface area contributed by atoms with Gasteiger partial charge in [-0.3, -0.25) is 19.8 Å². The van der Waals surface area contributed by atoms with Gasteiger partial charge < -0.3 is 43.2 Å². The summed E-state index contributed by atoms with van der Waals surface area (Å²) in [6.07, 6.45) is 2.83. The largest absolute Gasteiger partial charge is 0.480 e. The van der Waals surface area contributed by atoms with E-state index in [9.17, 15) is 24.3 Å². The van der Waals surface area contributed by atoms with Crippen LogP contribution in [0.3, 0.4) is 0 Å². The number of aromatic amines is 1. The topological polar surface area (TPSA) is 255 Å².